The minimum Gasteiger partial charge on any atom is -0.493 e. The van der Waals surface area contributed by atoms with Gasteiger partial charge < -0.3 is 14.6 Å². The summed E-state index contributed by atoms with van der Waals surface area (Å²) in [4.78, 5) is 19.9. The molecule has 0 bridgehead atoms. The third-order valence-corrected chi connectivity index (χ3v) is 6.61. The summed E-state index contributed by atoms with van der Waals surface area (Å²) in [6, 6.07) is 1.32. The minimum absolute atomic E-state index is 0.0114. The van der Waals surface area contributed by atoms with Gasteiger partial charge in [-0.15, -0.1) is 0 Å². The first-order valence-corrected chi connectivity index (χ1v) is 12.4. The van der Waals surface area contributed by atoms with E-state index in [-0.39, 0.29) is 42.0 Å². The standard InChI is InChI=1S/C25H36N6O4S/c1-5-8-20-22-23(31(4)29-20)25(32)28-24(27-22)19-16-18(10-11-21(19)35-15-6-2)36(33,34)26-13-12-17-9-7-14-30(17)3/h10-11,16-17,26H,5-9,12-15H2,1-4H3,(H,27,28,32)/i1D3,3D3,4D3,5D2,8D2,12D2,13D2. The smallest absolute Gasteiger partial charge is 0.277 e. The van der Waals surface area contributed by atoms with Gasteiger partial charge in [-0.1, -0.05) is 20.1 Å². The molecule has 1 aliphatic heterocycles. The predicted molar refractivity (Wildman–Crippen MR) is 140 cm³/mol. The van der Waals surface area contributed by atoms with Crippen molar-refractivity contribution < 1.29 is 36.5 Å². The van der Waals surface area contributed by atoms with Crippen molar-refractivity contribution in [2.75, 3.05) is 26.6 Å². The highest BCUT2D eigenvalue weighted by Gasteiger charge is 2.23. The molecule has 0 spiro atoms. The number of H-pyrrole nitrogens is 1. The molecule has 36 heavy (non-hydrogen) atoms. The molecular weight excluding hydrogens is 480 g/mol. The number of hydrogen-bond donors (Lipinski definition) is 2. The number of hydrogen-bond acceptors (Lipinski definition) is 7. The van der Waals surface area contributed by atoms with E-state index in [2.05, 4.69) is 15.1 Å². The van der Waals surface area contributed by atoms with Gasteiger partial charge in [0.15, 0.2) is 5.52 Å². The van der Waals surface area contributed by atoms with Crippen LogP contribution in [-0.4, -0.2) is 65.7 Å². The van der Waals surface area contributed by atoms with Crippen LogP contribution in [0.4, 0.5) is 0 Å². The van der Waals surface area contributed by atoms with Crippen molar-refractivity contribution in [3.63, 3.8) is 0 Å². The first-order valence-electron chi connectivity index (χ1n) is 19.4. The molecule has 0 aliphatic carbocycles. The number of nitrogens with one attached hydrogen (secondary N) is 2. The van der Waals surface area contributed by atoms with Gasteiger partial charge in [0.2, 0.25) is 10.0 Å². The number of likely N-dealkylation sites (tertiary alicyclic amines) is 1. The molecule has 2 N–H and O–H groups in total. The Kier molecular flexibility index (Phi) is 3.76. The number of rotatable bonds is 11. The Balaban J connectivity index is 1.93. The molecule has 4 rings (SSSR count). The molecule has 3 aromatic rings. The zero-order valence-electron chi connectivity index (χ0n) is 36.2. The average molecular weight is 534 g/mol. The van der Waals surface area contributed by atoms with Crippen LogP contribution in [0.15, 0.2) is 27.9 Å². The summed E-state index contributed by atoms with van der Waals surface area (Å²) < 4.78 is 171. The molecule has 0 radical (unpaired) electrons. The van der Waals surface area contributed by atoms with Crippen LogP contribution in [0.2, 0.25) is 0 Å². The van der Waals surface area contributed by atoms with E-state index in [1.807, 2.05) is 0 Å². The van der Waals surface area contributed by atoms with E-state index >= 15 is 0 Å². The molecule has 11 heteroatoms. The summed E-state index contributed by atoms with van der Waals surface area (Å²) in [5.74, 6) is -0.767. The second-order valence-corrected chi connectivity index (χ2v) is 9.54. The number of ether oxygens (including phenoxy) is 1. The second kappa shape index (κ2) is 11.1. The highest BCUT2D eigenvalue weighted by Crippen LogP contribution is 2.31. The molecule has 1 aromatic carbocycles. The molecule has 3 heterocycles. The van der Waals surface area contributed by atoms with Crippen molar-refractivity contribution in [1.82, 2.24) is 29.4 Å². The van der Waals surface area contributed by atoms with Gasteiger partial charge in [0.1, 0.15) is 17.1 Å². The number of sulfonamides is 1. The van der Waals surface area contributed by atoms with E-state index in [4.69, 9.17) is 28.0 Å². The number of aromatic amines is 1. The number of aryl methyl sites for hydroxylation is 2. The largest absolute Gasteiger partial charge is 0.493 e. The first-order chi connectivity index (χ1) is 23.8. The van der Waals surface area contributed by atoms with Crippen LogP contribution in [0.1, 0.15) is 74.8 Å². The zero-order valence-corrected chi connectivity index (χ0v) is 20.0. The lowest BCUT2D eigenvalue weighted by atomic mass is 10.1. The molecule has 1 fully saturated rings. The summed E-state index contributed by atoms with van der Waals surface area (Å²) in [5.41, 5.74) is -4.61. The zero-order chi connectivity index (χ0) is 40.5. The van der Waals surface area contributed by atoms with E-state index in [9.17, 15) is 13.2 Å². The Morgan fingerprint density at radius 1 is 1.36 bits per heavy atom. The topological polar surface area (TPSA) is 122 Å². The average Bonchev–Trinajstić information content (AvgIpc) is 3.66. The van der Waals surface area contributed by atoms with Gasteiger partial charge in [-0.05, 0) is 63.7 Å². The maximum absolute atomic E-state index is 13.7. The summed E-state index contributed by atoms with van der Waals surface area (Å²) in [6.07, 6.45) is -9.89. The maximum atomic E-state index is 13.7. The molecule has 0 saturated carbocycles. The molecule has 1 aliphatic rings. The van der Waals surface area contributed by atoms with Crippen LogP contribution < -0.4 is 15.0 Å². The van der Waals surface area contributed by atoms with Crippen LogP contribution in [0.3, 0.4) is 0 Å². The molecule has 1 atom stereocenters. The van der Waals surface area contributed by atoms with Crippen molar-refractivity contribution in [3.05, 3.63) is 34.2 Å². The lowest BCUT2D eigenvalue weighted by Gasteiger charge is -2.19. The minimum atomic E-state index is -5.05. The lowest BCUT2D eigenvalue weighted by Crippen LogP contribution is -2.31. The van der Waals surface area contributed by atoms with Gasteiger partial charge in [-0.25, -0.2) is 18.1 Å². The third kappa shape index (κ3) is 5.47. The molecule has 2 aromatic heterocycles. The van der Waals surface area contributed by atoms with Gasteiger partial charge in [-0.3, -0.25) is 9.48 Å². The Hall–Kier alpha value is -2.76. The van der Waals surface area contributed by atoms with Crippen LogP contribution in [-0.2, 0) is 23.4 Å². The predicted octanol–water partition coefficient (Wildman–Crippen LogP) is 2.83. The van der Waals surface area contributed by atoms with Gasteiger partial charge in [-0.2, -0.15) is 5.10 Å². The summed E-state index contributed by atoms with van der Waals surface area (Å²) in [7, 11) is -5.05. The summed E-state index contributed by atoms with van der Waals surface area (Å²) in [5, 5.41) is 3.61. The van der Waals surface area contributed by atoms with Crippen molar-refractivity contribution in [1.29, 1.82) is 0 Å². The Morgan fingerprint density at radius 3 is 3.03 bits per heavy atom. The highest BCUT2D eigenvalue weighted by molar-refractivity contribution is 7.89. The molecule has 10 nitrogen and oxygen atoms in total. The fraction of sp³-hybridized carbons (Fsp3) is 0.560. The van der Waals surface area contributed by atoms with E-state index in [0.717, 1.165) is 23.1 Å². The molecule has 0 amide bonds. The lowest BCUT2D eigenvalue weighted by molar-refractivity contribution is 0.297. The van der Waals surface area contributed by atoms with E-state index in [1.54, 1.807) is 11.6 Å². The SMILES string of the molecule is [2H]C([2H])([2H])N1CCCC1C([2H])([2H])C([2H])([2H])NS(=O)(=O)c1ccc(OCCC)c(-c2nc3c(C([2H])([2H])C([2H])([2H])C([2H])([2H])[2H])nn(C([2H])([2H])[2H])c3c(=O)[nH]2)c1. The van der Waals surface area contributed by atoms with Gasteiger partial charge in [0.05, 0.1) is 22.8 Å². The molecule has 1 unspecified atom stereocenters. The number of aromatic nitrogens is 4. The van der Waals surface area contributed by atoms with Crippen molar-refractivity contribution in [2.45, 2.75) is 63.1 Å². The van der Waals surface area contributed by atoms with Crippen LogP contribution in [0, 0.1) is 0 Å². The van der Waals surface area contributed by atoms with Crippen LogP contribution in [0.5, 0.6) is 5.75 Å². The third-order valence-electron chi connectivity index (χ3n) is 5.37. The molecular formula is C25H36N6O4S. The van der Waals surface area contributed by atoms with Crippen LogP contribution in [0.25, 0.3) is 22.4 Å². The Labute approximate surface area is 236 Å². The fourth-order valence-electron chi connectivity index (χ4n) is 3.65. The number of nitrogens with zero attached hydrogens (tertiary/aromatic N) is 4. The van der Waals surface area contributed by atoms with Gasteiger partial charge in [0, 0.05) is 42.8 Å². The Bertz CT molecular complexity index is 2020. The normalized spacial score (nSPS) is 26.4. The highest BCUT2D eigenvalue weighted by atomic mass is 32.2. The van der Waals surface area contributed by atoms with Crippen molar-refractivity contribution in [3.8, 4) is 17.1 Å². The van der Waals surface area contributed by atoms with Crippen molar-refractivity contribution >= 4 is 21.1 Å². The van der Waals surface area contributed by atoms with Crippen LogP contribution >= 0.6 is 0 Å². The van der Waals surface area contributed by atoms with Gasteiger partial charge >= 0.3 is 0 Å². The van der Waals surface area contributed by atoms with E-state index in [0.29, 0.717) is 6.42 Å². The quantitative estimate of drug-likeness (QED) is 0.389. The number of fused-ring (bicyclic) bond motifs is 1. The molecule has 196 valence electrons. The fourth-order valence-corrected chi connectivity index (χ4v) is 4.48. The van der Waals surface area contributed by atoms with Gasteiger partial charge in [0.25, 0.3) is 5.56 Å². The number of benzene rings is 1. The second-order valence-electron chi connectivity index (χ2n) is 7.85. The van der Waals surface area contributed by atoms with E-state index < -0.39 is 95.5 Å². The Morgan fingerprint density at radius 2 is 2.25 bits per heavy atom. The monoisotopic (exact) mass is 533 g/mol. The molecule has 1 saturated heterocycles. The maximum Gasteiger partial charge on any atom is 0.277 e. The summed E-state index contributed by atoms with van der Waals surface area (Å²) >= 11 is 0. The summed E-state index contributed by atoms with van der Waals surface area (Å²) in [6.45, 7) is -11.5. The van der Waals surface area contributed by atoms with E-state index in [1.165, 1.54) is 0 Å². The first kappa shape index (κ1) is 12.2. The van der Waals surface area contributed by atoms with Crippen molar-refractivity contribution in [2.24, 2.45) is 6.98 Å².